The lowest BCUT2D eigenvalue weighted by atomic mass is 10.2. The molecule has 1 atom stereocenters. The third-order valence-electron chi connectivity index (χ3n) is 1.48. The summed E-state index contributed by atoms with van der Waals surface area (Å²) in [7, 11) is 0. The second kappa shape index (κ2) is 3.61. The van der Waals surface area contributed by atoms with Crippen molar-refractivity contribution in [2.75, 3.05) is 0 Å². The zero-order valence-corrected chi connectivity index (χ0v) is 7.19. The van der Waals surface area contributed by atoms with E-state index in [-0.39, 0.29) is 6.04 Å². The first-order valence-corrected chi connectivity index (χ1v) is 4.16. The number of nitrogens with one attached hydrogen (secondary N) is 1. The lowest BCUT2D eigenvalue weighted by molar-refractivity contribution is 0.662. The normalized spacial score (nSPS) is 12.9. The van der Waals surface area contributed by atoms with Crippen molar-refractivity contribution in [1.82, 2.24) is 10.4 Å². The molecule has 3 nitrogen and oxygen atoms in total. The molecule has 60 valence electrons. The molecule has 0 aliphatic heterocycles. The highest BCUT2D eigenvalue weighted by atomic mass is 32.1. The molecule has 0 fully saturated rings. The maximum atomic E-state index is 5.30. The van der Waals surface area contributed by atoms with E-state index in [4.69, 9.17) is 5.84 Å². The number of aromatic nitrogens is 1. The number of aryl methyl sites for hydroxylation is 1. The van der Waals surface area contributed by atoms with Gasteiger partial charge in [-0.2, -0.15) is 0 Å². The minimum Gasteiger partial charge on any atom is -0.271 e. The fraction of sp³-hybridized carbons (Fsp3) is 0.286. The van der Waals surface area contributed by atoms with Gasteiger partial charge in [-0.3, -0.25) is 5.84 Å². The van der Waals surface area contributed by atoms with Crippen molar-refractivity contribution >= 4 is 11.3 Å². The number of nitrogens with two attached hydrogens (primary N) is 1. The van der Waals surface area contributed by atoms with Gasteiger partial charge in [0.2, 0.25) is 0 Å². The Hall–Kier alpha value is -0.710. The van der Waals surface area contributed by atoms with Crippen molar-refractivity contribution in [1.29, 1.82) is 0 Å². The summed E-state index contributed by atoms with van der Waals surface area (Å²) in [5, 5.41) is 0. The van der Waals surface area contributed by atoms with Gasteiger partial charge in [0.15, 0.2) is 0 Å². The van der Waals surface area contributed by atoms with Gasteiger partial charge in [-0.15, -0.1) is 17.9 Å². The summed E-state index contributed by atoms with van der Waals surface area (Å²) in [4.78, 5) is 5.24. The maximum absolute atomic E-state index is 5.30. The molecule has 0 aromatic carbocycles. The molecule has 11 heavy (non-hydrogen) atoms. The van der Waals surface area contributed by atoms with E-state index < -0.39 is 0 Å². The van der Waals surface area contributed by atoms with Gasteiger partial charge >= 0.3 is 0 Å². The molecule has 1 aromatic heterocycles. The molecular weight excluding hydrogens is 158 g/mol. The fourth-order valence-corrected chi connectivity index (χ4v) is 1.72. The van der Waals surface area contributed by atoms with E-state index in [0.717, 1.165) is 10.6 Å². The van der Waals surface area contributed by atoms with Gasteiger partial charge in [-0.1, -0.05) is 6.08 Å². The number of hydrogen-bond donors (Lipinski definition) is 2. The van der Waals surface area contributed by atoms with Crippen LogP contribution < -0.4 is 11.3 Å². The van der Waals surface area contributed by atoms with Crippen molar-refractivity contribution in [3.05, 3.63) is 28.7 Å². The van der Waals surface area contributed by atoms with Gasteiger partial charge in [-0.05, 0) is 6.92 Å². The van der Waals surface area contributed by atoms with Gasteiger partial charge < -0.3 is 0 Å². The van der Waals surface area contributed by atoms with Crippen LogP contribution in [0.3, 0.4) is 0 Å². The first-order valence-electron chi connectivity index (χ1n) is 3.28. The molecule has 0 aliphatic rings. The van der Waals surface area contributed by atoms with E-state index >= 15 is 0 Å². The van der Waals surface area contributed by atoms with E-state index in [1.165, 1.54) is 0 Å². The quantitative estimate of drug-likeness (QED) is 0.405. The summed E-state index contributed by atoms with van der Waals surface area (Å²) in [6.45, 7) is 5.62. The summed E-state index contributed by atoms with van der Waals surface area (Å²) in [5.74, 6) is 5.30. The van der Waals surface area contributed by atoms with E-state index in [9.17, 15) is 0 Å². The van der Waals surface area contributed by atoms with E-state index in [1.807, 2.05) is 6.92 Å². The second-order valence-corrected chi connectivity index (χ2v) is 3.07. The molecule has 0 aliphatic carbocycles. The highest BCUT2D eigenvalue weighted by Crippen LogP contribution is 2.21. The Kier molecular flexibility index (Phi) is 2.76. The highest BCUT2D eigenvalue weighted by molar-refractivity contribution is 7.09. The van der Waals surface area contributed by atoms with Crippen molar-refractivity contribution in [2.24, 2.45) is 5.84 Å². The number of rotatable bonds is 3. The van der Waals surface area contributed by atoms with Crippen LogP contribution in [0, 0.1) is 6.92 Å². The molecule has 0 spiro atoms. The van der Waals surface area contributed by atoms with Crippen molar-refractivity contribution in [3.8, 4) is 0 Å². The Morgan fingerprint density at radius 2 is 2.64 bits per heavy atom. The Morgan fingerprint density at radius 1 is 1.91 bits per heavy atom. The van der Waals surface area contributed by atoms with Gasteiger partial charge in [0, 0.05) is 4.88 Å². The van der Waals surface area contributed by atoms with Crippen LogP contribution in [0.25, 0.3) is 0 Å². The molecule has 1 unspecified atom stereocenters. The van der Waals surface area contributed by atoms with Crippen LogP contribution in [-0.2, 0) is 0 Å². The van der Waals surface area contributed by atoms with Gasteiger partial charge in [-0.25, -0.2) is 10.4 Å². The van der Waals surface area contributed by atoms with E-state index in [1.54, 1.807) is 22.9 Å². The highest BCUT2D eigenvalue weighted by Gasteiger charge is 2.09. The fourth-order valence-electron chi connectivity index (χ4n) is 0.860. The standard InChI is InChI=1S/C7H11N3S/c1-3-6(10-8)7-5(2)9-4-11-7/h3-4,6,10H,1,8H2,2H3. The molecule has 0 saturated carbocycles. The predicted octanol–water partition coefficient (Wildman–Crippen LogP) is 1.14. The Bertz CT molecular complexity index is 244. The van der Waals surface area contributed by atoms with Crippen LogP contribution in [0.1, 0.15) is 16.6 Å². The van der Waals surface area contributed by atoms with Crippen LogP contribution in [0.4, 0.5) is 0 Å². The number of nitrogens with zero attached hydrogens (tertiary/aromatic N) is 1. The molecule has 4 heteroatoms. The minimum atomic E-state index is 0.0301. The van der Waals surface area contributed by atoms with Gasteiger partial charge in [0.05, 0.1) is 17.2 Å². The van der Waals surface area contributed by atoms with Crippen LogP contribution in [-0.4, -0.2) is 4.98 Å². The third kappa shape index (κ3) is 1.65. The van der Waals surface area contributed by atoms with Crippen molar-refractivity contribution in [3.63, 3.8) is 0 Å². The molecule has 0 bridgehead atoms. The monoisotopic (exact) mass is 169 g/mol. The Morgan fingerprint density at radius 3 is 3.00 bits per heavy atom. The summed E-state index contributed by atoms with van der Waals surface area (Å²) >= 11 is 1.58. The maximum Gasteiger partial charge on any atom is 0.0798 e. The minimum absolute atomic E-state index is 0.0301. The lowest BCUT2D eigenvalue weighted by Crippen LogP contribution is -2.26. The Balaban J connectivity index is 2.89. The van der Waals surface area contributed by atoms with E-state index in [0.29, 0.717) is 0 Å². The molecule has 1 heterocycles. The molecular formula is C7H11N3S. The van der Waals surface area contributed by atoms with E-state index in [2.05, 4.69) is 17.0 Å². The first-order chi connectivity index (χ1) is 5.29. The second-order valence-electron chi connectivity index (χ2n) is 2.18. The molecule has 0 radical (unpaired) electrons. The summed E-state index contributed by atoms with van der Waals surface area (Å²) in [6.07, 6.45) is 1.76. The van der Waals surface area contributed by atoms with Crippen molar-refractivity contribution in [2.45, 2.75) is 13.0 Å². The number of hydrazine groups is 1. The zero-order chi connectivity index (χ0) is 8.27. The van der Waals surface area contributed by atoms with Crippen LogP contribution >= 0.6 is 11.3 Å². The SMILES string of the molecule is C=CC(NN)c1scnc1C. The van der Waals surface area contributed by atoms with Gasteiger partial charge in [0.25, 0.3) is 0 Å². The predicted molar refractivity (Wildman–Crippen MR) is 47.1 cm³/mol. The molecule has 1 rings (SSSR count). The number of hydrogen-bond acceptors (Lipinski definition) is 4. The zero-order valence-electron chi connectivity index (χ0n) is 6.37. The average Bonchev–Trinajstić information content (AvgIpc) is 2.40. The Labute approximate surface area is 69.9 Å². The first kappa shape index (κ1) is 8.39. The summed E-state index contributed by atoms with van der Waals surface area (Å²) < 4.78 is 0. The average molecular weight is 169 g/mol. The number of thiazole rings is 1. The molecule has 0 saturated heterocycles. The van der Waals surface area contributed by atoms with Gasteiger partial charge in [0.1, 0.15) is 0 Å². The lowest BCUT2D eigenvalue weighted by Gasteiger charge is -2.08. The molecule has 0 amide bonds. The van der Waals surface area contributed by atoms with Crippen LogP contribution in [0.5, 0.6) is 0 Å². The van der Waals surface area contributed by atoms with Crippen LogP contribution in [0.15, 0.2) is 18.2 Å². The largest absolute Gasteiger partial charge is 0.271 e. The third-order valence-corrected chi connectivity index (χ3v) is 2.49. The summed E-state index contributed by atoms with van der Waals surface area (Å²) in [6, 6.07) is 0.0301. The molecule has 1 aromatic rings. The smallest absolute Gasteiger partial charge is 0.0798 e. The van der Waals surface area contributed by atoms with Crippen molar-refractivity contribution < 1.29 is 0 Å². The summed E-state index contributed by atoms with van der Waals surface area (Å²) in [5.41, 5.74) is 5.46. The van der Waals surface area contributed by atoms with Crippen LogP contribution in [0.2, 0.25) is 0 Å². The topological polar surface area (TPSA) is 50.9 Å². The molecule has 3 N–H and O–H groups in total.